The lowest BCUT2D eigenvalue weighted by Crippen LogP contribution is -2.05. The Morgan fingerprint density at radius 2 is 2.05 bits per heavy atom. The van der Waals surface area contributed by atoms with Crippen molar-refractivity contribution >= 4 is 5.97 Å². The zero-order valence-corrected chi connectivity index (χ0v) is 11.0. The van der Waals surface area contributed by atoms with Crippen molar-refractivity contribution in [3.05, 3.63) is 47.5 Å². The van der Waals surface area contributed by atoms with E-state index in [1.54, 1.807) is 4.57 Å². The predicted octanol–water partition coefficient (Wildman–Crippen LogP) is 2.49. The fourth-order valence-electron chi connectivity index (χ4n) is 1.73. The first-order valence-corrected chi connectivity index (χ1v) is 6.09. The smallest absolute Gasteiger partial charge is 0.356 e. The summed E-state index contributed by atoms with van der Waals surface area (Å²) in [5.74, 6) is 0.331. The van der Waals surface area contributed by atoms with E-state index in [4.69, 9.17) is 9.84 Å². The number of imidazole rings is 1. The van der Waals surface area contributed by atoms with Crippen LogP contribution < -0.4 is 4.74 Å². The number of rotatable bonds is 5. The van der Waals surface area contributed by atoms with Crippen LogP contribution in [0.25, 0.3) is 0 Å². The van der Waals surface area contributed by atoms with Crippen LogP contribution in [0.15, 0.2) is 30.5 Å². The molecule has 1 heterocycles. The van der Waals surface area contributed by atoms with Gasteiger partial charge in [0, 0.05) is 12.7 Å². The van der Waals surface area contributed by atoms with Gasteiger partial charge in [-0.1, -0.05) is 17.7 Å². The van der Waals surface area contributed by atoms with Gasteiger partial charge in [0.15, 0.2) is 5.69 Å². The number of carboxylic acid groups (broad SMARTS) is 1. The molecule has 2 aromatic rings. The van der Waals surface area contributed by atoms with E-state index >= 15 is 0 Å². The van der Waals surface area contributed by atoms with Crippen molar-refractivity contribution in [2.75, 3.05) is 0 Å². The summed E-state index contributed by atoms with van der Waals surface area (Å²) in [6.07, 6.45) is 1.52. The van der Waals surface area contributed by atoms with Gasteiger partial charge in [-0.05, 0) is 26.0 Å². The Labute approximate surface area is 111 Å². The average Bonchev–Trinajstić information content (AvgIpc) is 2.81. The lowest BCUT2D eigenvalue weighted by atomic mass is 10.2. The molecule has 19 heavy (non-hydrogen) atoms. The van der Waals surface area contributed by atoms with Gasteiger partial charge >= 0.3 is 5.97 Å². The molecular weight excluding hydrogens is 244 g/mol. The zero-order chi connectivity index (χ0) is 13.8. The van der Waals surface area contributed by atoms with Gasteiger partial charge in [-0.2, -0.15) is 0 Å². The third kappa shape index (κ3) is 3.13. The lowest BCUT2D eigenvalue weighted by molar-refractivity contribution is 0.0690. The molecule has 2 rings (SSSR count). The van der Waals surface area contributed by atoms with E-state index in [0.717, 1.165) is 11.3 Å². The van der Waals surface area contributed by atoms with Crippen LogP contribution in [0.3, 0.4) is 0 Å². The van der Waals surface area contributed by atoms with E-state index < -0.39 is 5.97 Å². The maximum absolute atomic E-state index is 10.9. The lowest BCUT2D eigenvalue weighted by Gasteiger charge is -2.07. The third-order valence-corrected chi connectivity index (χ3v) is 2.81. The molecule has 0 atom stereocenters. The maximum Gasteiger partial charge on any atom is 0.356 e. The number of ether oxygens (including phenoxy) is 1. The van der Waals surface area contributed by atoms with Crippen molar-refractivity contribution in [1.29, 1.82) is 0 Å². The highest BCUT2D eigenvalue weighted by atomic mass is 16.5. The van der Waals surface area contributed by atoms with Crippen molar-refractivity contribution in [1.82, 2.24) is 9.55 Å². The van der Waals surface area contributed by atoms with Crippen LogP contribution in [0.2, 0.25) is 0 Å². The van der Waals surface area contributed by atoms with Crippen molar-refractivity contribution in [3.63, 3.8) is 0 Å². The third-order valence-electron chi connectivity index (χ3n) is 2.81. The molecule has 0 unspecified atom stereocenters. The fourth-order valence-corrected chi connectivity index (χ4v) is 1.73. The van der Waals surface area contributed by atoms with Gasteiger partial charge in [0.1, 0.15) is 18.2 Å². The largest absolute Gasteiger partial charge is 0.486 e. The van der Waals surface area contributed by atoms with Gasteiger partial charge in [0.25, 0.3) is 0 Å². The van der Waals surface area contributed by atoms with E-state index in [-0.39, 0.29) is 12.3 Å². The molecule has 0 amide bonds. The second-order valence-corrected chi connectivity index (χ2v) is 4.24. The number of hydrogen-bond donors (Lipinski definition) is 1. The highest BCUT2D eigenvalue weighted by molar-refractivity contribution is 5.85. The molecule has 5 heteroatoms. The van der Waals surface area contributed by atoms with Gasteiger partial charge in [0.05, 0.1) is 0 Å². The van der Waals surface area contributed by atoms with E-state index in [2.05, 4.69) is 4.98 Å². The monoisotopic (exact) mass is 260 g/mol. The summed E-state index contributed by atoms with van der Waals surface area (Å²) in [7, 11) is 0. The molecule has 0 aliphatic rings. The Hall–Kier alpha value is -2.30. The van der Waals surface area contributed by atoms with E-state index in [1.807, 2.05) is 38.1 Å². The molecule has 1 N–H and O–H groups in total. The Kier molecular flexibility index (Phi) is 3.85. The zero-order valence-electron chi connectivity index (χ0n) is 11.0. The van der Waals surface area contributed by atoms with Crippen molar-refractivity contribution < 1.29 is 14.6 Å². The van der Waals surface area contributed by atoms with Crippen LogP contribution in [0, 0.1) is 6.92 Å². The normalized spacial score (nSPS) is 10.4. The SMILES string of the molecule is CCn1cc(C(=O)O)nc1COc1ccc(C)cc1. The number of aromatic carboxylic acids is 1. The number of hydrogen-bond acceptors (Lipinski definition) is 3. The first-order chi connectivity index (χ1) is 9.10. The number of carbonyl (C=O) groups is 1. The highest BCUT2D eigenvalue weighted by Crippen LogP contribution is 2.14. The van der Waals surface area contributed by atoms with Crippen LogP contribution in [0.4, 0.5) is 0 Å². The average molecular weight is 260 g/mol. The highest BCUT2D eigenvalue weighted by Gasteiger charge is 2.12. The topological polar surface area (TPSA) is 64.4 Å². The fraction of sp³-hybridized carbons (Fsp3) is 0.286. The molecule has 0 saturated carbocycles. The Morgan fingerprint density at radius 3 is 2.63 bits per heavy atom. The van der Waals surface area contributed by atoms with Crippen LogP contribution in [0.1, 0.15) is 28.8 Å². The number of carboxylic acids is 1. The molecule has 0 fully saturated rings. The molecule has 0 bridgehead atoms. The Bertz CT molecular complexity index is 573. The van der Waals surface area contributed by atoms with Crippen LogP contribution >= 0.6 is 0 Å². The summed E-state index contributed by atoms with van der Waals surface area (Å²) < 4.78 is 7.38. The molecule has 0 radical (unpaired) electrons. The molecule has 100 valence electrons. The minimum absolute atomic E-state index is 0.0457. The van der Waals surface area contributed by atoms with Crippen LogP contribution in [-0.2, 0) is 13.2 Å². The van der Waals surface area contributed by atoms with Crippen LogP contribution in [0.5, 0.6) is 5.75 Å². The second kappa shape index (κ2) is 5.56. The Morgan fingerprint density at radius 1 is 1.37 bits per heavy atom. The summed E-state index contributed by atoms with van der Waals surface area (Å²) in [6, 6.07) is 7.69. The molecular formula is C14H16N2O3. The van der Waals surface area contributed by atoms with Crippen molar-refractivity contribution in [2.24, 2.45) is 0 Å². The molecule has 5 nitrogen and oxygen atoms in total. The second-order valence-electron chi connectivity index (χ2n) is 4.24. The molecule has 0 aliphatic carbocycles. The maximum atomic E-state index is 10.9. The van der Waals surface area contributed by atoms with Crippen LogP contribution in [-0.4, -0.2) is 20.6 Å². The van der Waals surface area contributed by atoms with E-state index in [1.165, 1.54) is 6.20 Å². The summed E-state index contributed by atoms with van der Waals surface area (Å²) in [6.45, 7) is 4.85. The summed E-state index contributed by atoms with van der Waals surface area (Å²) in [5.41, 5.74) is 1.21. The molecule has 0 aliphatic heterocycles. The Balaban J connectivity index is 2.10. The minimum atomic E-state index is -1.02. The van der Waals surface area contributed by atoms with Gasteiger partial charge in [-0.25, -0.2) is 9.78 Å². The van der Waals surface area contributed by atoms with Gasteiger partial charge in [-0.3, -0.25) is 0 Å². The van der Waals surface area contributed by atoms with E-state index in [0.29, 0.717) is 12.4 Å². The first-order valence-electron chi connectivity index (χ1n) is 6.09. The summed E-state index contributed by atoms with van der Waals surface area (Å²) in [5, 5.41) is 8.92. The number of aryl methyl sites for hydroxylation is 2. The predicted molar refractivity (Wildman–Crippen MR) is 70.4 cm³/mol. The standard InChI is InChI=1S/C14H16N2O3/c1-3-16-8-12(14(17)18)15-13(16)9-19-11-6-4-10(2)5-7-11/h4-8H,3,9H2,1-2H3,(H,17,18). The van der Waals surface area contributed by atoms with E-state index in [9.17, 15) is 4.79 Å². The first kappa shape index (κ1) is 13.1. The van der Waals surface area contributed by atoms with Gasteiger partial charge in [-0.15, -0.1) is 0 Å². The quantitative estimate of drug-likeness (QED) is 0.897. The summed E-state index contributed by atoms with van der Waals surface area (Å²) in [4.78, 5) is 14.9. The molecule has 0 spiro atoms. The molecule has 0 saturated heterocycles. The molecule has 1 aromatic carbocycles. The number of benzene rings is 1. The van der Waals surface area contributed by atoms with Crippen molar-refractivity contribution in [3.8, 4) is 5.75 Å². The number of nitrogens with zero attached hydrogens (tertiary/aromatic N) is 2. The van der Waals surface area contributed by atoms with Crippen molar-refractivity contribution in [2.45, 2.75) is 27.0 Å². The summed E-state index contributed by atoms with van der Waals surface area (Å²) >= 11 is 0. The molecule has 1 aromatic heterocycles. The van der Waals surface area contributed by atoms with Gasteiger partial charge < -0.3 is 14.4 Å². The minimum Gasteiger partial charge on any atom is -0.486 e. The van der Waals surface area contributed by atoms with Gasteiger partial charge in [0.2, 0.25) is 0 Å². The number of aromatic nitrogens is 2.